The number of nitrogens with one attached hydrogen (secondary N) is 1. The summed E-state index contributed by atoms with van der Waals surface area (Å²) in [6, 6.07) is 7.14. The summed E-state index contributed by atoms with van der Waals surface area (Å²) in [6.45, 7) is 3.09. The highest BCUT2D eigenvalue weighted by Gasteiger charge is 2.18. The number of rotatable bonds is 7. The Balaban J connectivity index is 1.92. The molecular formula is C17H27NO. The van der Waals surface area contributed by atoms with E-state index < -0.39 is 0 Å². The standard InChI is InChI=1S/C17H27NO/c1-3-4-5-6-12-19-15-11-10-14-8-7-9-17(18-2)16(14)13-15/h10-11,13,17-18H,3-9,12H2,1-2H3. The molecule has 19 heavy (non-hydrogen) atoms. The number of hydrogen-bond donors (Lipinski definition) is 1. The molecule has 1 atom stereocenters. The number of hydrogen-bond acceptors (Lipinski definition) is 2. The highest BCUT2D eigenvalue weighted by Crippen LogP contribution is 2.32. The quantitative estimate of drug-likeness (QED) is 0.741. The summed E-state index contributed by atoms with van der Waals surface area (Å²) in [6.07, 6.45) is 8.78. The molecule has 0 amide bonds. The average molecular weight is 261 g/mol. The van der Waals surface area contributed by atoms with Crippen molar-refractivity contribution in [3.8, 4) is 5.75 Å². The zero-order valence-corrected chi connectivity index (χ0v) is 12.4. The molecule has 0 aromatic heterocycles. The van der Waals surface area contributed by atoms with E-state index in [1.165, 1.54) is 56.1 Å². The normalized spacial score (nSPS) is 18.1. The largest absolute Gasteiger partial charge is 0.494 e. The van der Waals surface area contributed by atoms with Crippen LogP contribution in [-0.2, 0) is 6.42 Å². The van der Waals surface area contributed by atoms with Crippen LogP contribution in [0.1, 0.15) is 62.6 Å². The van der Waals surface area contributed by atoms with Crippen molar-refractivity contribution in [2.24, 2.45) is 0 Å². The third kappa shape index (κ3) is 3.97. The third-order valence-electron chi connectivity index (χ3n) is 4.05. The van der Waals surface area contributed by atoms with Gasteiger partial charge >= 0.3 is 0 Å². The molecule has 2 heteroatoms. The fourth-order valence-corrected chi connectivity index (χ4v) is 2.89. The molecule has 2 rings (SSSR count). The van der Waals surface area contributed by atoms with E-state index in [4.69, 9.17) is 4.74 Å². The first-order chi connectivity index (χ1) is 9.35. The van der Waals surface area contributed by atoms with E-state index in [0.717, 1.165) is 12.4 Å². The Bertz CT molecular complexity index is 389. The van der Waals surface area contributed by atoms with E-state index in [9.17, 15) is 0 Å². The molecule has 0 saturated heterocycles. The van der Waals surface area contributed by atoms with Crippen LogP contribution in [-0.4, -0.2) is 13.7 Å². The number of unbranched alkanes of at least 4 members (excludes halogenated alkanes) is 3. The SMILES string of the molecule is CCCCCCOc1ccc2c(c1)C(NC)CCC2. The summed E-state index contributed by atoms with van der Waals surface area (Å²) in [5.41, 5.74) is 2.93. The van der Waals surface area contributed by atoms with Gasteiger partial charge in [0.05, 0.1) is 6.61 Å². The lowest BCUT2D eigenvalue weighted by Crippen LogP contribution is -2.21. The van der Waals surface area contributed by atoms with Crippen LogP contribution in [0, 0.1) is 0 Å². The first kappa shape index (κ1) is 14.4. The van der Waals surface area contributed by atoms with Gasteiger partial charge in [-0.3, -0.25) is 0 Å². The van der Waals surface area contributed by atoms with Crippen LogP contribution < -0.4 is 10.1 Å². The summed E-state index contributed by atoms with van der Waals surface area (Å²) >= 11 is 0. The van der Waals surface area contributed by atoms with Crippen LogP contribution in [0.25, 0.3) is 0 Å². The van der Waals surface area contributed by atoms with Crippen LogP contribution in [0.15, 0.2) is 18.2 Å². The second kappa shape index (κ2) is 7.54. The zero-order chi connectivity index (χ0) is 13.5. The molecule has 1 aromatic carbocycles. The third-order valence-corrected chi connectivity index (χ3v) is 4.05. The first-order valence-corrected chi connectivity index (χ1v) is 7.78. The van der Waals surface area contributed by atoms with Gasteiger partial charge in [0, 0.05) is 6.04 Å². The Morgan fingerprint density at radius 3 is 2.95 bits per heavy atom. The maximum Gasteiger partial charge on any atom is 0.119 e. The van der Waals surface area contributed by atoms with Crippen molar-refractivity contribution in [2.75, 3.05) is 13.7 Å². The lowest BCUT2D eigenvalue weighted by molar-refractivity contribution is 0.304. The van der Waals surface area contributed by atoms with Crippen molar-refractivity contribution in [3.05, 3.63) is 29.3 Å². The van der Waals surface area contributed by atoms with E-state index in [-0.39, 0.29) is 0 Å². The van der Waals surface area contributed by atoms with Crippen molar-refractivity contribution in [1.29, 1.82) is 0 Å². The summed E-state index contributed by atoms with van der Waals surface area (Å²) in [7, 11) is 2.05. The molecule has 0 aliphatic heterocycles. The van der Waals surface area contributed by atoms with Crippen LogP contribution in [0.5, 0.6) is 5.75 Å². The van der Waals surface area contributed by atoms with Crippen molar-refractivity contribution in [2.45, 2.75) is 57.9 Å². The maximum atomic E-state index is 5.88. The number of fused-ring (bicyclic) bond motifs is 1. The molecule has 0 saturated carbocycles. The van der Waals surface area contributed by atoms with Gasteiger partial charge in [-0.2, -0.15) is 0 Å². The predicted molar refractivity (Wildman–Crippen MR) is 80.8 cm³/mol. The monoisotopic (exact) mass is 261 g/mol. The summed E-state index contributed by atoms with van der Waals surface area (Å²) in [4.78, 5) is 0. The van der Waals surface area contributed by atoms with Crippen LogP contribution >= 0.6 is 0 Å². The van der Waals surface area contributed by atoms with Gasteiger partial charge < -0.3 is 10.1 Å². The van der Waals surface area contributed by atoms with Gasteiger partial charge in [0.25, 0.3) is 0 Å². The highest BCUT2D eigenvalue weighted by atomic mass is 16.5. The summed E-state index contributed by atoms with van der Waals surface area (Å²) < 4.78 is 5.88. The molecule has 0 heterocycles. The lowest BCUT2D eigenvalue weighted by atomic mass is 9.87. The second-order valence-electron chi connectivity index (χ2n) is 5.50. The molecule has 106 valence electrons. The minimum Gasteiger partial charge on any atom is -0.494 e. The Morgan fingerprint density at radius 1 is 1.26 bits per heavy atom. The van der Waals surface area contributed by atoms with Gasteiger partial charge in [-0.05, 0) is 56.0 Å². The molecular weight excluding hydrogens is 234 g/mol. The number of benzene rings is 1. The topological polar surface area (TPSA) is 21.3 Å². The van der Waals surface area contributed by atoms with Gasteiger partial charge in [-0.25, -0.2) is 0 Å². The first-order valence-electron chi connectivity index (χ1n) is 7.78. The van der Waals surface area contributed by atoms with Crippen LogP contribution in [0.4, 0.5) is 0 Å². The Labute approximate surface area is 117 Å². The number of aryl methyl sites for hydroxylation is 1. The van der Waals surface area contributed by atoms with Gasteiger partial charge in [-0.15, -0.1) is 0 Å². The lowest BCUT2D eigenvalue weighted by Gasteiger charge is -2.25. The van der Waals surface area contributed by atoms with Crippen molar-refractivity contribution < 1.29 is 4.74 Å². The van der Waals surface area contributed by atoms with E-state index in [2.05, 4.69) is 37.5 Å². The maximum absolute atomic E-state index is 5.88. The van der Waals surface area contributed by atoms with Gasteiger partial charge in [0.1, 0.15) is 5.75 Å². The second-order valence-corrected chi connectivity index (χ2v) is 5.50. The van der Waals surface area contributed by atoms with Crippen molar-refractivity contribution in [1.82, 2.24) is 5.32 Å². The zero-order valence-electron chi connectivity index (χ0n) is 12.4. The minimum atomic E-state index is 0.507. The summed E-state index contributed by atoms with van der Waals surface area (Å²) in [5, 5.41) is 3.42. The minimum absolute atomic E-state index is 0.507. The molecule has 2 nitrogen and oxygen atoms in total. The molecule has 0 bridgehead atoms. The Hall–Kier alpha value is -1.02. The van der Waals surface area contributed by atoms with E-state index in [1.807, 2.05) is 0 Å². The predicted octanol–water partition coefficient (Wildman–Crippen LogP) is 4.24. The van der Waals surface area contributed by atoms with Gasteiger partial charge in [-0.1, -0.05) is 32.3 Å². The van der Waals surface area contributed by atoms with Crippen LogP contribution in [0.2, 0.25) is 0 Å². The van der Waals surface area contributed by atoms with Gasteiger partial charge in [0.2, 0.25) is 0 Å². The molecule has 0 radical (unpaired) electrons. The van der Waals surface area contributed by atoms with Crippen LogP contribution in [0.3, 0.4) is 0 Å². The molecule has 1 aliphatic rings. The molecule has 0 fully saturated rings. The van der Waals surface area contributed by atoms with E-state index >= 15 is 0 Å². The average Bonchev–Trinajstić information content (AvgIpc) is 2.46. The molecule has 0 spiro atoms. The number of ether oxygens (including phenoxy) is 1. The fourth-order valence-electron chi connectivity index (χ4n) is 2.89. The molecule has 1 unspecified atom stereocenters. The molecule has 1 N–H and O–H groups in total. The molecule has 1 aromatic rings. The smallest absolute Gasteiger partial charge is 0.119 e. The highest BCUT2D eigenvalue weighted by molar-refractivity contribution is 5.39. The molecule has 1 aliphatic carbocycles. The van der Waals surface area contributed by atoms with Gasteiger partial charge in [0.15, 0.2) is 0 Å². The Morgan fingerprint density at radius 2 is 2.16 bits per heavy atom. The van der Waals surface area contributed by atoms with Crippen molar-refractivity contribution in [3.63, 3.8) is 0 Å². The summed E-state index contributed by atoms with van der Waals surface area (Å²) in [5.74, 6) is 1.04. The Kier molecular flexibility index (Phi) is 5.71. The van der Waals surface area contributed by atoms with E-state index in [1.54, 1.807) is 0 Å². The van der Waals surface area contributed by atoms with E-state index in [0.29, 0.717) is 6.04 Å². The van der Waals surface area contributed by atoms with Crippen molar-refractivity contribution >= 4 is 0 Å². The fraction of sp³-hybridized carbons (Fsp3) is 0.647.